The molecule has 0 fully saturated rings. The van der Waals surface area contributed by atoms with Crippen molar-refractivity contribution in [2.24, 2.45) is 0 Å². The first-order chi connectivity index (χ1) is 3.31. The van der Waals surface area contributed by atoms with E-state index in [2.05, 4.69) is 4.52 Å². The second kappa shape index (κ2) is 7.83. The van der Waals surface area contributed by atoms with Gasteiger partial charge in [-0.25, -0.2) is 4.57 Å². The zero-order valence-electron chi connectivity index (χ0n) is 4.55. The molecule has 0 saturated heterocycles. The minimum Gasteiger partial charge on any atom is -0.291 e. The van der Waals surface area contributed by atoms with Crippen molar-refractivity contribution in [1.82, 2.24) is 0 Å². The molecule has 0 aromatic rings. The Labute approximate surface area is 67.4 Å². The summed E-state index contributed by atoms with van der Waals surface area (Å²) in [6, 6.07) is 0. The summed E-state index contributed by atoms with van der Waals surface area (Å²) in [5.74, 6) is 0. The normalized spacial score (nSPS) is 12.8. The largest absolute Gasteiger partial charge is 0.327 e. The number of rotatable bonds is 3. The van der Waals surface area contributed by atoms with Gasteiger partial charge in [0.15, 0.2) is 0 Å². The van der Waals surface area contributed by atoms with Crippen molar-refractivity contribution in [3.63, 3.8) is 0 Å². The molecule has 0 bridgehead atoms. The van der Waals surface area contributed by atoms with E-state index in [1.807, 2.05) is 13.8 Å². The first kappa shape index (κ1) is 11.6. The molecule has 0 aliphatic rings. The molecule has 0 saturated carbocycles. The maximum absolute atomic E-state index is 9.65. The van der Waals surface area contributed by atoms with Crippen LogP contribution in [0, 0.1) is 0 Å². The highest BCUT2D eigenvalue weighted by molar-refractivity contribution is 7.17. The molecule has 1 atom stereocenters. The van der Waals surface area contributed by atoms with Gasteiger partial charge in [0.05, 0.1) is 6.10 Å². The van der Waals surface area contributed by atoms with Crippen LogP contribution in [0.1, 0.15) is 20.3 Å². The van der Waals surface area contributed by atoms with Gasteiger partial charge >= 0.3 is 31.7 Å². The molecule has 0 rings (SSSR count). The predicted octanol–water partition coefficient (Wildman–Crippen LogP) is 1.09. The highest BCUT2D eigenvalue weighted by atomic mass is 31.1. The smallest absolute Gasteiger partial charge is 0.291 e. The van der Waals surface area contributed by atoms with Crippen LogP contribution < -0.4 is 0 Å². The van der Waals surface area contributed by atoms with Crippen molar-refractivity contribution in [3.8, 4) is 0 Å². The molecule has 0 aliphatic carbocycles. The molecule has 0 heterocycles. The topological polar surface area (TPSA) is 26.3 Å². The summed E-state index contributed by atoms with van der Waals surface area (Å²) < 4.78 is 14.3. The van der Waals surface area contributed by atoms with Gasteiger partial charge in [-0.2, -0.15) is 0 Å². The maximum Gasteiger partial charge on any atom is 0.327 e. The first-order valence-electron chi connectivity index (χ1n) is 2.29. The zero-order valence-corrected chi connectivity index (χ0v) is 5.44. The minimum atomic E-state index is -0.210. The van der Waals surface area contributed by atoms with Crippen molar-refractivity contribution in [2.75, 3.05) is 0 Å². The summed E-state index contributed by atoms with van der Waals surface area (Å²) in [6.07, 6.45) is 1.04. The maximum atomic E-state index is 9.65. The molecule has 46 valence electrons. The summed E-state index contributed by atoms with van der Waals surface area (Å²) in [6.45, 7) is 3.86. The van der Waals surface area contributed by atoms with E-state index in [4.69, 9.17) is 0 Å². The number of hydrogen-bond donors (Lipinski definition) is 0. The first-order valence-corrected chi connectivity index (χ1v) is 3.02. The van der Waals surface area contributed by atoms with E-state index in [0.29, 0.717) is 0 Å². The van der Waals surface area contributed by atoms with Gasteiger partial charge in [-0.05, 0) is 13.3 Å². The summed E-state index contributed by atoms with van der Waals surface area (Å²) in [5.41, 5.74) is 0. The van der Waals surface area contributed by atoms with E-state index in [0.717, 1.165) is 6.42 Å². The van der Waals surface area contributed by atoms with Gasteiger partial charge in [0.25, 0.3) is 0 Å². The SMILES string of the molecule is CCC(C)OP=O.[MgH2]. The van der Waals surface area contributed by atoms with Crippen LogP contribution in [-0.4, -0.2) is 29.2 Å². The Morgan fingerprint density at radius 2 is 2.25 bits per heavy atom. The fraction of sp³-hybridized carbons (Fsp3) is 1.00. The van der Waals surface area contributed by atoms with Crippen molar-refractivity contribution < 1.29 is 9.09 Å². The Kier molecular flexibility index (Phi) is 11.3. The molecular weight excluding hydrogens is 135 g/mol. The third kappa shape index (κ3) is 6.83. The van der Waals surface area contributed by atoms with Gasteiger partial charge in [0.2, 0.25) is 0 Å². The fourth-order valence-corrected chi connectivity index (χ4v) is 0.444. The monoisotopic (exact) mass is 146 g/mol. The van der Waals surface area contributed by atoms with Crippen molar-refractivity contribution in [1.29, 1.82) is 0 Å². The minimum absolute atomic E-state index is 0. The summed E-state index contributed by atoms with van der Waals surface area (Å²) in [5, 5.41) is 0. The molecule has 0 aromatic heterocycles. The lowest BCUT2D eigenvalue weighted by Gasteiger charge is -1.98. The van der Waals surface area contributed by atoms with E-state index in [1.54, 1.807) is 0 Å². The second-order valence-electron chi connectivity index (χ2n) is 1.40. The van der Waals surface area contributed by atoms with Crippen molar-refractivity contribution in [3.05, 3.63) is 0 Å². The summed E-state index contributed by atoms with van der Waals surface area (Å²) >= 11 is 0. The quantitative estimate of drug-likeness (QED) is 0.440. The van der Waals surface area contributed by atoms with Gasteiger partial charge in [0.1, 0.15) is 0 Å². The van der Waals surface area contributed by atoms with Crippen molar-refractivity contribution >= 4 is 31.7 Å². The van der Waals surface area contributed by atoms with Crippen LogP contribution in [0.3, 0.4) is 0 Å². The number of hydrogen-bond acceptors (Lipinski definition) is 2. The van der Waals surface area contributed by atoms with E-state index < -0.39 is 0 Å². The van der Waals surface area contributed by atoms with Crippen LogP contribution in [0.25, 0.3) is 0 Å². The van der Waals surface area contributed by atoms with Gasteiger partial charge in [0, 0.05) is 0 Å². The molecule has 0 radical (unpaired) electrons. The summed E-state index contributed by atoms with van der Waals surface area (Å²) in [4.78, 5) is 0. The molecule has 0 aliphatic heterocycles. The standard InChI is InChI=1S/C4H9O2P.Mg.2H/c1-3-4(2)6-7-5;;;/h4H,3H2,1-2H3;;;. The van der Waals surface area contributed by atoms with Crippen LogP contribution in [0.2, 0.25) is 0 Å². The highest BCUT2D eigenvalue weighted by Gasteiger charge is 1.93. The van der Waals surface area contributed by atoms with Crippen LogP contribution in [0.4, 0.5) is 0 Å². The predicted molar refractivity (Wildman–Crippen MR) is 37.0 cm³/mol. The van der Waals surface area contributed by atoms with Gasteiger partial charge < -0.3 is 0 Å². The van der Waals surface area contributed by atoms with E-state index in [-0.39, 0.29) is 37.8 Å². The highest BCUT2D eigenvalue weighted by Crippen LogP contribution is 2.03. The molecule has 0 aromatic carbocycles. The van der Waals surface area contributed by atoms with Crippen LogP contribution in [0.5, 0.6) is 0 Å². The van der Waals surface area contributed by atoms with Gasteiger partial charge in [-0.3, -0.25) is 4.52 Å². The third-order valence-electron chi connectivity index (χ3n) is 0.798. The average molecular weight is 146 g/mol. The summed E-state index contributed by atoms with van der Waals surface area (Å²) in [7, 11) is -0.210. The molecule has 0 N–H and O–H groups in total. The lowest BCUT2D eigenvalue weighted by Crippen LogP contribution is -1.96. The Bertz CT molecular complexity index is 60.0. The van der Waals surface area contributed by atoms with Crippen molar-refractivity contribution in [2.45, 2.75) is 26.4 Å². The van der Waals surface area contributed by atoms with Gasteiger partial charge in [-0.15, -0.1) is 0 Å². The van der Waals surface area contributed by atoms with Gasteiger partial charge in [-0.1, -0.05) is 6.92 Å². The van der Waals surface area contributed by atoms with E-state index in [9.17, 15) is 4.57 Å². The Hall–Kier alpha value is 0.826. The Morgan fingerprint density at radius 1 is 1.75 bits per heavy atom. The van der Waals surface area contributed by atoms with E-state index in [1.165, 1.54) is 0 Å². The molecule has 0 amide bonds. The van der Waals surface area contributed by atoms with E-state index >= 15 is 0 Å². The molecule has 2 nitrogen and oxygen atoms in total. The average Bonchev–Trinajstić information content (AvgIpc) is 1.68. The van der Waals surface area contributed by atoms with Crippen LogP contribution in [0.15, 0.2) is 0 Å². The lowest BCUT2D eigenvalue weighted by molar-refractivity contribution is 0.240. The molecule has 1 unspecified atom stereocenters. The third-order valence-corrected chi connectivity index (χ3v) is 1.24. The molecular formula is C4H11MgO2P. The van der Waals surface area contributed by atoms with Crippen LogP contribution in [-0.2, 0) is 9.09 Å². The second-order valence-corrected chi connectivity index (χ2v) is 1.76. The molecule has 4 heteroatoms. The Balaban J connectivity index is 0. The molecule has 8 heavy (non-hydrogen) atoms. The zero-order chi connectivity index (χ0) is 5.70. The van der Waals surface area contributed by atoms with Crippen LogP contribution >= 0.6 is 8.69 Å². The fourth-order valence-electron chi connectivity index (χ4n) is 0.148. The Morgan fingerprint density at radius 3 is 2.38 bits per heavy atom. The molecule has 0 spiro atoms. The lowest BCUT2D eigenvalue weighted by atomic mass is 10.3.